The SMILES string of the molecule is CC(C)(C)OC(=O)N1CCN(c2nc(-c3ccc4cnn(C5CNC5)c4c3)no2)CC1. The highest BCUT2D eigenvalue weighted by Gasteiger charge is 2.28. The second-order valence-electron chi connectivity index (χ2n) is 9.03. The molecule has 2 aliphatic rings. The zero-order chi connectivity index (χ0) is 21.6. The number of fused-ring (bicyclic) bond motifs is 1. The molecule has 2 fully saturated rings. The monoisotopic (exact) mass is 425 g/mol. The van der Waals surface area contributed by atoms with Crippen molar-refractivity contribution in [2.45, 2.75) is 32.4 Å². The quantitative estimate of drug-likeness (QED) is 0.682. The summed E-state index contributed by atoms with van der Waals surface area (Å²) in [6.07, 6.45) is 1.61. The largest absolute Gasteiger partial charge is 0.444 e. The van der Waals surface area contributed by atoms with Gasteiger partial charge in [-0.1, -0.05) is 17.3 Å². The Morgan fingerprint density at radius 2 is 1.97 bits per heavy atom. The number of benzene rings is 1. The zero-order valence-corrected chi connectivity index (χ0v) is 18.0. The van der Waals surface area contributed by atoms with Gasteiger partial charge in [0.15, 0.2) is 0 Å². The van der Waals surface area contributed by atoms with Crippen LogP contribution >= 0.6 is 0 Å². The number of hydrogen-bond acceptors (Lipinski definition) is 8. The third-order valence-corrected chi connectivity index (χ3v) is 5.58. The number of anilines is 1. The van der Waals surface area contributed by atoms with E-state index in [1.165, 1.54) is 0 Å². The number of ether oxygens (including phenoxy) is 1. The van der Waals surface area contributed by atoms with Crippen molar-refractivity contribution >= 4 is 23.0 Å². The van der Waals surface area contributed by atoms with Crippen LogP contribution in [-0.4, -0.2) is 75.8 Å². The van der Waals surface area contributed by atoms with Crippen LogP contribution in [0.15, 0.2) is 28.9 Å². The molecule has 0 saturated carbocycles. The number of amides is 1. The minimum Gasteiger partial charge on any atom is -0.444 e. The first-order valence-electron chi connectivity index (χ1n) is 10.6. The van der Waals surface area contributed by atoms with E-state index in [1.54, 1.807) is 4.90 Å². The summed E-state index contributed by atoms with van der Waals surface area (Å²) in [4.78, 5) is 20.6. The Morgan fingerprint density at radius 3 is 2.65 bits per heavy atom. The fourth-order valence-corrected chi connectivity index (χ4v) is 3.78. The Hall–Kier alpha value is -3.14. The predicted octanol–water partition coefficient (Wildman–Crippen LogP) is 2.29. The Labute approximate surface area is 180 Å². The molecule has 164 valence electrons. The van der Waals surface area contributed by atoms with Crippen LogP contribution in [0.25, 0.3) is 22.3 Å². The van der Waals surface area contributed by atoms with Crippen molar-refractivity contribution in [3.63, 3.8) is 0 Å². The minimum atomic E-state index is -0.499. The van der Waals surface area contributed by atoms with E-state index in [0.29, 0.717) is 44.1 Å². The summed E-state index contributed by atoms with van der Waals surface area (Å²) < 4.78 is 13.1. The molecule has 1 aromatic carbocycles. The van der Waals surface area contributed by atoms with Gasteiger partial charge in [0.2, 0.25) is 5.82 Å². The average Bonchev–Trinajstić information content (AvgIpc) is 3.33. The molecule has 0 aliphatic carbocycles. The summed E-state index contributed by atoms with van der Waals surface area (Å²) >= 11 is 0. The molecule has 0 radical (unpaired) electrons. The first-order valence-corrected chi connectivity index (χ1v) is 10.6. The number of rotatable bonds is 3. The van der Waals surface area contributed by atoms with Crippen LogP contribution in [0, 0.1) is 0 Å². The summed E-state index contributed by atoms with van der Waals surface area (Å²) in [7, 11) is 0. The van der Waals surface area contributed by atoms with E-state index in [1.807, 2.05) is 44.0 Å². The van der Waals surface area contributed by atoms with Gasteiger partial charge in [-0.15, -0.1) is 0 Å². The average molecular weight is 425 g/mol. The van der Waals surface area contributed by atoms with Crippen molar-refractivity contribution in [2.24, 2.45) is 0 Å². The van der Waals surface area contributed by atoms with Crippen LogP contribution in [-0.2, 0) is 4.74 Å². The number of carbonyl (C=O) groups is 1. The summed E-state index contributed by atoms with van der Waals surface area (Å²) in [5.74, 6) is 0.547. The molecule has 3 aromatic rings. The van der Waals surface area contributed by atoms with E-state index in [-0.39, 0.29) is 6.09 Å². The van der Waals surface area contributed by atoms with E-state index in [2.05, 4.69) is 31.3 Å². The zero-order valence-electron chi connectivity index (χ0n) is 18.0. The van der Waals surface area contributed by atoms with Crippen molar-refractivity contribution < 1.29 is 14.1 Å². The lowest BCUT2D eigenvalue weighted by molar-refractivity contribution is 0.0238. The lowest BCUT2D eigenvalue weighted by Gasteiger charge is -2.34. The fraction of sp³-hybridized carbons (Fsp3) is 0.524. The van der Waals surface area contributed by atoms with Crippen LogP contribution in [0.4, 0.5) is 10.8 Å². The molecule has 5 rings (SSSR count). The molecule has 10 heteroatoms. The molecule has 0 spiro atoms. The second-order valence-corrected chi connectivity index (χ2v) is 9.03. The van der Waals surface area contributed by atoms with Crippen LogP contribution in [0.2, 0.25) is 0 Å². The van der Waals surface area contributed by atoms with Crippen molar-refractivity contribution in [1.82, 2.24) is 30.1 Å². The summed E-state index contributed by atoms with van der Waals surface area (Å²) in [5.41, 5.74) is 1.46. The van der Waals surface area contributed by atoms with Gasteiger partial charge in [-0.25, -0.2) is 4.79 Å². The highest BCUT2D eigenvalue weighted by molar-refractivity contribution is 5.83. The number of aromatic nitrogens is 4. The molecule has 0 unspecified atom stereocenters. The molecule has 10 nitrogen and oxygen atoms in total. The Kier molecular flexibility index (Phi) is 4.81. The predicted molar refractivity (Wildman–Crippen MR) is 115 cm³/mol. The van der Waals surface area contributed by atoms with Crippen molar-refractivity contribution in [1.29, 1.82) is 0 Å². The highest BCUT2D eigenvalue weighted by atomic mass is 16.6. The maximum Gasteiger partial charge on any atom is 0.410 e. The van der Waals surface area contributed by atoms with E-state index in [9.17, 15) is 4.79 Å². The van der Waals surface area contributed by atoms with E-state index in [4.69, 9.17) is 9.26 Å². The molecule has 2 aromatic heterocycles. The van der Waals surface area contributed by atoms with Gasteiger partial charge in [0.05, 0.1) is 17.8 Å². The van der Waals surface area contributed by atoms with Crippen molar-refractivity contribution in [3.05, 3.63) is 24.4 Å². The lowest BCUT2D eigenvalue weighted by atomic mass is 10.1. The van der Waals surface area contributed by atoms with Gasteiger partial charge in [-0.05, 0) is 26.8 Å². The molecule has 0 bridgehead atoms. The molecule has 0 atom stereocenters. The summed E-state index contributed by atoms with van der Waals surface area (Å²) in [6, 6.07) is 6.94. The van der Waals surface area contributed by atoms with Gasteiger partial charge in [-0.3, -0.25) is 4.68 Å². The molecule has 2 saturated heterocycles. The minimum absolute atomic E-state index is 0.287. The van der Waals surface area contributed by atoms with Gasteiger partial charge in [0, 0.05) is 50.2 Å². The van der Waals surface area contributed by atoms with Crippen LogP contribution < -0.4 is 10.2 Å². The van der Waals surface area contributed by atoms with Crippen LogP contribution in [0.1, 0.15) is 26.8 Å². The van der Waals surface area contributed by atoms with E-state index >= 15 is 0 Å². The first kappa shape index (κ1) is 19.8. The fourth-order valence-electron chi connectivity index (χ4n) is 3.78. The number of nitrogens with one attached hydrogen (secondary N) is 1. The van der Waals surface area contributed by atoms with Crippen molar-refractivity contribution in [2.75, 3.05) is 44.2 Å². The van der Waals surface area contributed by atoms with Crippen LogP contribution in [0.5, 0.6) is 0 Å². The van der Waals surface area contributed by atoms with Gasteiger partial charge < -0.3 is 24.4 Å². The van der Waals surface area contributed by atoms with Gasteiger partial charge >= 0.3 is 12.1 Å². The van der Waals surface area contributed by atoms with Crippen molar-refractivity contribution in [3.8, 4) is 11.4 Å². The van der Waals surface area contributed by atoms with Gasteiger partial charge in [0.25, 0.3) is 0 Å². The third kappa shape index (κ3) is 3.95. The summed E-state index contributed by atoms with van der Waals surface area (Å²) in [6.45, 7) is 9.80. The third-order valence-electron chi connectivity index (χ3n) is 5.58. The molecule has 1 N–H and O–H groups in total. The summed E-state index contributed by atoms with van der Waals surface area (Å²) in [5, 5.41) is 13.1. The first-order chi connectivity index (χ1) is 14.9. The Balaban J connectivity index is 1.28. The molecule has 4 heterocycles. The molecule has 31 heavy (non-hydrogen) atoms. The number of piperazine rings is 1. The normalized spacial score (nSPS) is 17.8. The highest BCUT2D eigenvalue weighted by Crippen LogP contribution is 2.27. The second kappa shape index (κ2) is 7.52. The number of carbonyl (C=O) groups excluding carboxylic acids is 1. The number of nitrogens with zero attached hydrogens (tertiary/aromatic N) is 6. The molecule has 1 amide bonds. The standard InChI is InChI=1S/C21H27N7O3/c1-21(2,3)30-20(29)27-8-6-26(7-9-27)19-24-18(25-31-19)14-4-5-15-11-23-28(17(15)10-14)16-12-22-13-16/h4-5,10-11,16,22H,6-9,12-13H2,1-3H3. The van der Waals surface area contributed by atoms with E-state index in [0.717, 1.165) is 29.6 Å². The van der Waals surface area contributed by atoms with Gasteiger partial charge in [-0.2, -0.15) is 10.1 Å². The topological polar surface area (TPSA) is 102 Å². The Morgan fingerprint density at radius 1 is 1.19 bits per heavy atom. The Bertz CT molecular complexity index is 1090. The number of hydrogen-bond donors (Lipinski definition) is 1. The lowest BCUT2D eigenvalue weighted by Crippen LogP contribution is -2.50. The molecular formula is C21H27N7O3. The maximum absolute atomic E-state index is 12.3. The smallest absolute Gasteiger partial charge is 0.410 e. The molecule has 2 aliphatic heterocycles. The van der Waals surface area contributed by atoms with Gasteiger partial charge in [0.1, 0.15) is 5.60 Å². The maximum atomic E-state index is 12.3. The van der Waals surface area contributed by atoms with E-state index < -0.39 is 5.60 Å². The molecular weight excluding hydrogens is 398 g/mol. The van der Waals surface area contributed by atoms with Crippen LogP contribution in [0.3, 0.4) is 0 Å².